The number of azide groups is 1. The lowest BCUT2D eigenvalue weighted by atomic mass is 10.1. The summed E-state index contributed by atoms with van der Waals surface area (Å²) in [6.45, 7) is 4.46. The molecule has 114 valence electrons. The SMILES string of the molecule is Cc1ccc(-n2cc(CN=[N+]=[N-])c(-c3ccccc3)n2)cc1C. The highest BCUT2D eigenvalue weighted by Gasteiger charge is 2.11. The fraction of sp³-hybridized carbons (Fsp3) is 0.167. The van der Waals surface area contributed by atoms with Gasteiger partial charge in [0.2, 0.25) is 0 Å². The molecule has 0 fully saturated rings. The Labute approximate surface area is 134 Å². The summed E-state index contributed by atoms with van der Waals surface area (Å²) in [7, 11) is 0. The lowest BCUT2D eigenvalue weighted by Crippen LogP contribution is -1.96. The van der Waals surface area contributed by atoms with Gasteiger partial charge >= 0.3 is 0 Å². The first-order chi connectivity index (χ1) is 11.2. The highest BCUT2D eigenvalue weighted by molar-refractivity contribution is 5.63. The van der Waals surface area contributed by atoms with Gasteiger partial charge in [0, 0.05) is 22.2 Å². The molecule has 0 saturated carbocycles. The van der Waals surface area contributed by atoms with Gasteiger partial charge in [-0.2, -0.15) is 5.10 Å². The van der Waals surface area contributed by atoms with E-state index in [1.165, 1.54) is 11.1 Å². The molecule has 2 aromatic carbocycles. The molecule has 0 aliphatic heterocycles. The van der Waals surface area contributed by atoms with Crippen LogP contribution in [0.1, 0.15) is 16.7 Å². The molecule has 0 amide bonds. The zero-order valence-electron chi connectivity index (χ0n) is 13.1. The van der Waals surface area contributed by atoms with Gasteiger partial charge in [0.25, 0.3) is 0 Å². The summed E-state index contributed by atoms with van der Waals surface area (Å²) >= 11 is 0. The third-order valence-electron chi connectivity index (χ3n) is 3.90. The molecule has 0 spiro atoms. The van der Waals surface area contributed by atoms with Crippen LogP contribution in [0.3, 0.4) is 0 Å². The molecule has 1 heterocycles. The number of benzene rings is 2. The molecule has 0 aliphatic rings. The summed E-state index contributed by atoms with van der Waals surface area (Å²) < 4.78 is 1.84. The number of hydrogen-bond donors (Lipinski definition) is 0. The number of rotatable bonds is 4. The zero-order valence-corrected chi connectivity index (χ0v) is 13.1. The molecular formula is C18H17N5. The van der Waals surface area contributed by atoms with Crippen LogP contribution in [0.2, 0.25) is 0 Å². The van der Waals surface area contributed by atoms with Crippen LogP contribution in [0.15, 0.2) is 59.8 Å². The maximum absolute atomic E-state index is 8.61. The van der Waals surface area contributed by atoms with Gasteiger partial charge in [0.15, 0.2) is 0 Å². The first-order valence-corrected chi connectivity index (χ1v) is 7.41. The molecule has 5 heteroatoms. The second kappa shape index (κ2) is 6.38. The van der Waals surface area contributed by atoms with Crippen LogP contribution >= 0.6 is 0 Å². The van der Waals surface area contributed by atoms with Gasteiger partial charge in [-0.3, -0.25) is 0 Å². The summed E-state index contributed by atoms with van der Waals surface area (Å²) in [6, 6.07) is 16.2. The predicted molar refractivity (Wildman–Crippen MR) is 91.3 cm³/mol. The van der Waals surface area contributed by atoms with Gasteiger partial charge in [0.05, 0.1) is 17.9 Å². The van der Waals surface area contributed by atoms with Crippen molar-refractivity contribution >= 4 is 0 Å². The fourth-order valence-corrected chi connectivity index (χ4v) is 2.47. The second-order valence-corrected chi connectivity index (χ2v) is 5.47. The summed E-state index contributed by atoms with van der Waals surface area (Å²) in [5.74, 6) is 0. The topological polar surface area (TPSA) is 66.6 Å². The number of nitrogens with zero attached hydrogens (tertiary/aromatic N) is 5. The quantitative estimate of drug-likeness (QED) is 0.381. The monoisotopic (exact) mass is 303 g/mol. The van der Waals surface area contributed by atoms with Crippen LogP contribution in [-0.4, -0.2) is 9.78 Å². The number of aryl methyl sites for hydroxylation is 2. The lowest BCUT2D eigenvalue weighted by molar-refractivity contribution is 0.880. The Balaban J connectivity index is 2.10. The Morgan fingerprint density at radius 2 is 1.87 bits per heavy atom. The van der Waals surface area contributed by atoms with E-state index in [2.05, 4.69) is 36.0 Å². The van der Waals surface area contributed by atoms with E-state index in [4.69, 9.17) is 10.6 Å². The largest absolute Gasteiger partial charge is 0.240 e. The maximum Gasteiger partial charge on any atom is 0.0960 e. The van der Waals surface area contributed by atoms with Gasteiger partial charge in [-0.05, 0) is 42.6 Å². The van der Waals surface area contributed by atoms with E-state index in [0.717, 1.165) is 22.5 Å². The van der Waals surface area contributed by atoms with Gasteiger partial charge in [-0.25, -0.2) is 4.68 Å². The fourth-order valence-electron chi connectivity index (χ4n) is 2.47. The number of hydrogen-bond acceptors (Lipinski definition) is 2. The van der Waals surface area contributed by atoms with Crippen molar-refractivity contribution in [3.05, 3.63) is 81.9 Å². The Morgan fingerprint density at radius 3 is 2.57 bits per heavy atom. The average Bonchev–Trinajstić information content (AvgIpc) is 3.00. The Bertz CT molecular complexity index is 874. The lowest BCUT2D eigenvalue weighted by Gasteiger charge is -2.05. The van der Waals surface area contributed by atoms with Crippen molar-refractivity contribution in [3.8, 4) is 16.9 Å². The smallest absolute Gasteiger partial charge is 0.0960 e. The standard InChI is InChI=1S/C18H17N5/c1-13-8-9-17(10-14(13)2)23-12-16(11-20-22-19)18(21-23)15-6-4-3-5-7-15/h3-10,12H,11H2,1-2H3. The van der Waals surface area contributed by atoms with Crippen LogP contribution in [0.5, 0.6) is 0 Å². The molecule has 3 rings (SSSR count). The summed E-state index contributed by atoms with van der Waals surface area (Å²) in [4.78, 5) is 2.86. The van der Waals surface area contributed by atoms with E-state index in [9.17, 15) is 0 Å². The number of aromatic nitrogens is 2. The van der Waals surface area contributed by atoms with Crippen molar-refractivity contribution in [2.45, 2.75) is 20.4 Å². The molecule has 23 heavy (non-hydrogen) atoms. The first kappa shape index (κ1) is 14.9. The molecule has 0 atom stereocenters. The van der Waals surface area contributed by atoms with Gasteiger partial charge in [0.1, 0.15) is 0 Å². The molecule has 0 saturated heterocycles. The first-order valence-electron chi connectivity index (χ1n) is 7.41. The second-order valence-electron chi connectivity index (χ2n) is 5.47. The molecule has 5 nitrogen and oxygen atoms in total. The van der Waals surface area contributed by atoms with Crippen molar-refractivity contribution in [2.24, 2.45) is 5.11 Å². The van der Waals surface area contributed by atoms with Crippen LogP contribution in [0.25, 0.3) is 27.4 Å². The Kier molecular flexibility index (Phi) is 4.13. The normalized spacial score (nSPS) is 10.3. The minimum Gasteiger partial charge on any atom is -0.240 e. The average molecular weight is 303 g/mol. The molecule has 0 unspecified atom stereocenters. The third-order valence-corrected chi connectivity index (χ3v) is 3.90. The minimum atomic E-state index is 0.283. The van der Waals surface area contributed by atoms with Crippen LogP contribution in [0, 0.1) is 13.8 Å². The third kappa shape index (κ3) is 3.10. The van der Waals surface area contributed by atoms with E-state index in [0.29, 0.717) is 0 Å². The van der Waals surface area contributed by atoms with E-state index in [-0.39, 0.29) is 6.54 Å². The molecule has 3 aromatic rings. The maximum atomic E-state index is 8.61. The zero-order chi connectivity index (χ0) is 16.2. The van der Waals surface area contributed by atoms with E-state index < -0.39 is 0 Å². The highest BCUT2D eigenvalue weighted by atomic mass is 15.3. The van der Waals surface area contributed by atoms with Crippen molar-refractivity contribution in [1.29, 1.82) is 0 Å². The van der Waals surface area contributed by atoms with Crippen LogP contribution in [-0.2, 0) is 6.54 Å². The van der Waals surface area contributed by atoms with Crippen molar-refractivity contribution in [2.75, 3.05) is 0 Å². The van der Waals surface area contributed by atoms with Gasteiger partial charge in [-0.15, -0.1) is 0 Å². The summed E-state index contributed by atoms with van der Waals surface area (Å²) in [5.41, 5.74) is 14.8. The van der Waals surface area contributed by atoms with Crippen molar-refractivity contribution < 1.29 is 0 Å². The van der Waals surface area contributed by atoms with Crippen molar-refractivity contribution in [1.82, 2.24) is 9.78 Å². The molecule has 0 N–H and O–H groups in total. The predicted octanol–water partition coefficient (Wildman–Crippen LogP) is 4.97. The van der Waals surface area contributed by atoms with E-state index in [1.54, 1.807) is 0 Å². The Morgan fingerprint density at radius 1 is 1.09 bits per heavy atom. The van der Waals surface area contributed by atoms with E-state index in [1.807, 2.05) is 47.3 Å². The molecule has 0 radical (unpaired) electrons. The van der Waals surface area contributed by atoms with Crippen LogP contribution < -0.4 is 0 Å². The minimum absolute atomic E-state index is 0.283. The summed E-state index contributed by atoms with van der Waals surface area (Å²) in [6.07, 6.45) is 1.93. The van der Waals surface area contributed by atoms with Gasteiger partial charge < -0.3 is 0 Å². The van der Waals surface area contributed by atoms with Crippen LogP contribution in [0.4, 0.5) is 0 Å². The Hall–Kier alpha value is -3.04. The molecule has 0 bridgehead atoms. The molecular weight excluding hydrogens is 286 g/mol. The summed E-state index contributed by atoms with van der Waals surface area (Å²) in [5, 5.41) is 8.40. The van der Waals surface area contributed by atoms with E-state index >= 15 is 0 Å². The van der Waals surface area contributed by atoms with Gasteiger partial charge in [-0.1, -0.05) is 41.5 Å². The molecule has 0 aliphatic carbocycles. The highest BCUT2D eigenvalue weighted by Crippen LogP contribution is 2.25. The molecule has 1 aromatic heterocycles. The van der Waals surface area contributed by atoms with Crippen molar-refractivity contribution in [3.63, 3.8) is 0 Å².